The number of rotatable bonds is 6. The van der Waals surface area contributed by atoms with E-state index in [-0.39, 0.29) is 18.7 Å². The molecule has 1 amide bonds. The molecule has 31 heavy (non-hydrogen) atoms. The summed E-state index contributed by atoms with van der Waals surface area (Å²) in [7, 11) is 0. The number of nitrogens with zero attached hydrogens (tertiary/aromatic N) is 2. The number of pyridine rings is 1. The van der Waals surface area contributed by atoms with Crippen LogP contribution in [0.3, 0.4) is 0 Å². The molecular formula is C24H23N3O4. The molecule has 0 bridgehead atoms. The van der Waals surface area contributed by atoms with E-state index in [0.717, 1.165) is 42.1 Å². The number of anilines is 1. The first-order valence-corrected chi connectivity index (χ1v) is 10.4. The van der Waals surface area contributed by atoms with E-state index in [2.05, 4.69) is 15.2 Å². The minimum Gasteiger partial charge on any atom is -0.456 e. The molecule has 0 spiro atoms. The van der Waals surface area contributed by atoms with Gasteiger partial charge in [0.1, 0.15) is 11.5 Å². The molecule has 0 saturated carbocycles. The zero-order chi connectivity index (χ0) is 21.0. The number of carbonyl (C=O) groups is 1. The van der Waals surface area contributed by atoms with Gasteiger partial charge in [0.05, 0.1) is 12.2 Å². The van der Waals surface area contributed by atoms with E-state index in [1.54, 1.807) is 12.4 Å². The van der Waals surface area contributed by atoms with Crippen LogP contribution in [0.1, 0.15) is 18.4 Å². The van der Waals surface area contributed by atoms with Gasteiger partial charge in [-0.3, -0.25) is 14.7 Å². The van der Waals surface area contributed by atoms with Crippen molar-refractivity contribution in [1.29, 1.82) is 0 Å². The predicted octanol–water partition coefficient (Wildman–Crippen LogP) is 4.21. The first-order valence-electron chi connectivity index (χ1n) is 10.4. The molecule has 7 nitrogen and oxygen atoms in total. The van der Waals surface area contributed by atoms with Crippen LogP contribution in [0.25, 0.3) is 0 Å². The Hall–Kier alpha value is -3.58. The highest BCUT2D eigenvalue weighted by Gasteiger charge is 2.32. The molecule has 2 aliphatic heterocycles. The maximum atomic E-state index is 13.0. The van der Waals surface area contributed by atoms with E-state index in [1.807, 2.05) is 54.6 Å². The molecule has 5 rings (SSSR count). The quantitative estimate of drug-likeness (QED) is 0.648. The van der Waals surface area contributed by atoms with E-state index in [9.17, 15) is 4.79 Å². The summed E-state index contributed by atoms with van der Waals surface area (Å²) >= 11 is 0. The molecule has 0 radical (unpaired) electrons. The molecular weight excluding hydrogens is 394 g/mol. The maximum Gasteiger partial charge on any atom is 0.241 e. The molecule has 1 saturated heterocycles. The minimum atomic E-state index is -0.176. The van der Waals surface area contributed by atoms with Crippen molar-refractivity contribution < 1.29 is 19.0 Å². The molecule has 3 heterocycles. The standard InChI is InChI=1S/C24H23N3O4/c28-24(26-18-8-10-19(11-9-18)31-20-5-2-12-25-14-20)21-6-3-13-27(21)15-17-4-1-7-22-23(17)30-16-29-22/h1-2,4-5,7-12,14,21H,3,6,13,15-16H2,(H,26,28)/t21-/m1/s1. The number of likely N-dealkylation sites (tertiary alicyclic amines) is 1. The van der Waals surface area contributed by atoms with Crippen molar-refractivity contribution in [2.75, 3.05) is 18.7 Å². The Bertz CT molecular complexity index is 1060. The lowest BCUT2D eigenvalue weighted by Crippen LogP contribution is -2.39. The van der Waals surface area contributed by atoms with Crippen LogP contribution in [-0.4, -0.2) is 35.2 Å². The number of para-hydroxylation sites is 1. The molecule has 1 fully saturated rings. The van der Waals surface area contributed by atoms with Gasteiger partial charge < -0.3 is 19.5 Å². The fourth-order valence-corrected chi connectivity index (χ4v) is 4.02. The van der Waals surface area contributed by atoms with Crippen molar-refractivity contribution in [3.05, 3.63) is 72.6 Å². The third-order valence-corrected chi connectivity index (χ3v) is 5.51. The van der Waals surface area contributed by atoms with Crippen molar-refractivity contribution in [2.45, 2.75) is 25.4 Å². The summed E-state index contributed by atoms with van der Waals surface area (Å²) in [4.78, 5) is 19.2. The zero-order valence-electron chi connectivity index (χ0n) is 17.0. The monoisotopic (exact) mass is 417 g/mol. The summed E-state index contributed by atoms with van der Waals surface area (Å²) in [5.41, 5.74) is 1.79. The highest BCUT2D eigenvalue weighted by Crippen LogP contribution is 2.37. The second-order valence-electron chi connectivity index (χ2n) is 7.58. The Labute approximate surface area is 180 Å². The van der Waals surface area contributed by atoms with Gasteiger partial charge in [-0.1, -0.05) is 12.1 Å². The number of hydrogen-bond donors (Lipinski definition) is 1. The number of ether oxygens (including phenoxy) is 3. The highest BCUT2D eigenvalue weighted by atomic mass is 16.7. The number of fused-ring (bicyclic) bond motifs is 1. The first kappa shape index (κ1) is 19.4. The Morgan fingerprint density at radius 3 is 2.84 bits per heavy atom. The zero-order valence-corrected chi connectivity index (χ0v) is 17.0. The van der Waals surface area contributed by atoms with Crippen LogP contribution in [0.2, 0.25) is 0 Å². The molecule has 1 atom stereocenters. The van der Waals surface area contributed by atoms with Gasteiger partial charge in [0.2, 0.25) is 12.7 Å². The van der Waals surface area contributed by atoms with Gasteiger partial charge in [0, 0.05) is 24.0 Å². The van der Waals surface area contributed by atoms with Crippen LogP contribution in [-0.2, 0) is 11.3 Å². The van der Waals surface area contributed by atoms with Crippen molar-refractivity contribution in [1.82, 2.24) is 9.88 Å². The van der Waals surface area contributed by atoms with Gasteiger partial charge in [-0.25, -0.2) is 0 Å². The lowest BCUT2D eigenvalue weighted by Gasteiger charge is -2.24. The van der Waals surface area contributed by atoms with Crippen molar-refractivity contribution >= 4 is 11.6 Å². The van der Waals surface area contributed by atoms with Gasteiger partial charge >= 0.3 is 0 Å². The molecule has 0 unspecified atom stereocenters. The van der Waals surface area contributed by atoms with Crippen LogP contribution >= 0.6 is 0 Å². The van der Waals surface area contributed by atoms with Crippen LogP contribution < -0.4 is 19.5 Å². The van der Waals surface area contributed by atoms with Crippen LogP contribution in [0, 0.1) is 0 Å². The highest BCUT2D eigenvalue weighted by molar-refractivity contribution is 5.95. The molecule has 158 valence electrons. The predicted molar refractivity (Wildman–Crippen MR) is 115 cm³/mol. The SMILES string of the molecule is O=C(Nc1ccc(Oc2cccnc2)cc1)[C@H]1CCCN1Cc1cccc2c1OCO2. The van der Waals surface area contributed by atoms with Crippen LogP contribution in [0.4, 0.5) is 5.69 Å². The number of amides is 1. The van der Waals surface area contributed by atoms with Gasteiger partial charge in [-0.15, -0.1) is 0 Å². The second kappa shape index (κ2) is 8.65. The number of nitrogens with one attached hydrogen (secondary N) is 1. The van der Waals surface area contributed by atoms with E-state index in [4.69, 9.17) is 14.2 Å². The summed E-state index contributed by atoms with van der Waals surface area (Å²) in [6, 6.07) is 16.7. The van der Waals surface area contributed by atoms with E-state index in [1.165, 1.54) is 0 Å². The third kappa shape index (κ3) is 4.32. The lowest BCUT2D eigenvalue weighted by molar-refractivity contribution is -0.120. The van der Waals surface area contributed by atoms with Crippen LogP contribution in [0.15, 0.2) is 67.0 Å². The Balaban J connectivity index is 1.22. The third-order valence-electron chi connectivity index (χ3n) is 5.51. The Morgan fingerprint density at radius 2 is 2.00 bits per heavy atom. The van der Waals surface area contributed by atoms with Crippen molar-refractivity contribution in [2.24, 2.45) is 0 Å². The normalized spacial score (nSPS) is 17.5. The average molecular weight is 417 g/mol. The van der Waals surface area contributed by atoms with E-state index < -0.39 is 0 Å². The molecule has 1 N–H and O–H groups in total. The summed E-state index contributed by atoms with van der Waals surface area (Å²) < 4.78 is 16.8. The molecule has 1 aromatic heterocycles. The molecule has 7 heteroatoms. The van der Waals surface area contributed by atoms with Crippen molar-refractivity contribution in [3.8, 4) is 23.0 Å². The average Bonchev–Trinajstić information content (AvgIpc) is 3.46. The van der Waals surface area contributed by atoms with E-state index >= 15 is 0 Å². The van der Waals surface area contributed by atoms with Crippen molar-refractivity contribution in [3.63, 3.8) is 0 Å². The summed E-state index contributed by atoms with van der Waals surface area (Å²) in [5, 5.41) is 3.04. The van der Waals surface area contributed by atoms with Gasteiger partial charge in [-0.2, -0.15) is 0 Å². The number of aromatic nitrogens is 1. The number of benzene rings is 2. The Morgan fingerprint density at radius 1 is 1.10 bits per heavy atom. The lowest BCUT2D eigenvalue weighted by atomic mass is 10.1. The fourth-order valence-electron chi connectivity index (χ4n) is 4.02. The molecule has 0 aliphatic carbocycles. The molecule has 2 aromatic carbocycles. The van der Waals surface area contributed by atoms with Gasteiger partial charge in [0.25, 0.3) is 0 Å². The first-order chi connectivity index (χ1) is 15.3. The summed E-state index contributed by atoms with van der Waals surface area (Å²) in [6.07, 6.45) is 5.18. The van der Waals surface area contributed by atoms with Gasteiger partial charge in [0.15, 0.2) is 11.5 Å². The van der Waals surface area contributed by atoms with E-state index in [0.29, 0.717) is 18.0 Å². The summed E-state index contributed by atoms with van der Waals surface area (Å²) in [6.45, 7) is 1.78. The molecule has 2 aliphatic rings. The largest absolute Gasteiger partial charge is 0.456 e. The van der Waals surface area contributed by atoms with Crippen LogP contribution in [0.5, 0.6) is 23.0 Å². The maximum absolute atomic E-state index is 13.0. The van der Waals surface area contributed by atoms with Gasteiger partial charge in [-0.05, 0) is 61.9 Å². The topological polar surface area (TPSA) is 72.9 Å². The Kier molecular flexibility index (Phi) is 5.41. The minimum absolute atomic E-state index is 0.00294. The summed E-state index contributed by atoms with van der Waals surface area (Å²) in [5.74, 6) is 2.92. The second-order valence-corrected chi connectivity index (χ2v) is 7.58. The number of hydrogen-bond acceptors (Lipinski definition) is 6. The number of carbonyl (C=O) groups excluding carboxylic acids is 1. The molecule has 3 aromatic rings. The fraction of sp³-hybridized carbons (Fsp3) is 0.250. The smallest absolute Gasteiger partial charge is 0.241 e.